The van der Waals surface area contributed by atoms with E-state index in [1.807, 2.05) is 0 Å². The summed E-state index contributed by atoms with van der Waals surface area (Å²) in [6.07, 6.45) is 1.97. The normalized spacial score (nSPS) is 25.4. The van der Waals surface area contributed by atoms with Gasteiger partial charge >= 0.3 is 0 Å². The molecule has 4 nitrogen and oxygen atoms in total. The Kier molecular flexibility index (Phi) is 3.01. The quantitative estimate of drug-likeness (QED) is 0.891. The fraction of sp³-hybridized carbons (Fsp3) is 0.571. The van der Waals surface area contributed by atoms with Crippen LogP contribution in [-0.4, -0.2) is 26.9 Å². The van der Waals surface area contributed by atoms with Gasteiger partial charge in [0.2, 0.25) is 0 Å². The standard InChI is InChI=1S/C14H18FNO3/c1-14(4-3-5-16-14)11-12(17-2)9(15)8-10-13(11)19-7-6-18-10/h8,16H,3-7H2,1-2H3. The van der Waals surface area contributed by atoms with E-state index in [9.17, 15) is 4.39 Å². The summed E-state index contributed by atoms with van der Waals surface area (Å²) in [5, 5.41) is 3.42. The largest absolute Gasteiger partial charge is 0.493 e. The van der Waals surface area contributed by atoms with Crippen LogP contribution in [0.5, 0.6) is 17.2 Å². The van der Waals surface area contributed by atoms with Gasteiger partial charge in [-0.2, -0.15) is 0 Å². The first-order valence-electron chi connectivity index (χ1n) is 6.57. The summed E-state index contributed by atoms with van der Waals surface area (Å²) < 4.78 is 30.7. The van der Waals surface area contributed by atoms with E-state index in [1.54, 1.807) is 0 Å². The Balaban J connectivity index is 2.21. The Morgan fingerprint density at radius 2 is 2.16 bits per heavy atom. The molecule has 0 radical (unpaired) electrons. The average Bonchev–Trinajstić information content (AvgIpc) is 2.85. The number of halogens is 1. The van der Waals surface area contributed by atoms with Crippen LogP contribution in [0.3, 0.4) is 0 Å². The van der Waals surface area contributed by atoms with Crippen LogP contribution in [0.2, 0.25) is 0 Å². The van der Waals surface area contributed by atoms with Gasteiger partial charge in [0.25, 0.3) is 0 Å². The van der Waals surface area contributed by atoms with Crippen molar-refractivity contribution in [3.63, 3.8) is 0 Å². The topological polar surface area (TPSA) is 39.7 Å². The highest BCUT2D eigenvalue weighted by Crippen LogP contribution is 2.48. The van der Waals surface area contributed by atoms with E-state index in [1.165, 1.54) is 13.2 Å². The Labute approximate surface area is 111 Å². The summed E-state index contributed by atoms with van der Waals surface area (Å²) in [7, 11) is 1.48. The molecule has 1 aromatic rings. The Morgan fingerprint density at radius 3 is 2.84 bits per heavy atom. The number of hydrogen-bond acceptors (Lipinski definition) is 4. The maximum atomic E-state index is 14.2. The lowest BCUT2D eigenvalue weighted by molar-refractivity contribution is 0.163. The molecule has 0 bridgehead atoms. The number of methoxy groups -OCH3 is 1. The van der Waals surface area contributed by atoms with Crippen LogP contribution in [0, 0.1) is 5.82 Å². The lowest BCUT2D eigenvalue weighted by Gasteiger charge is -2.32. The molecule has 1 unspecified atom stereocenters. The monoisotopic (exact) mass is 267 g/mol. The maximum absolute atomic E-state index is 14.2. The molecule has 0 saturated carbocycles. The minimum absolute atomic E-state index is 0.251. The fourth-order valence-electron chi connectivity index (χ4n) is 2.95. The van der Waals surface area contributed by atoms with Gasteiger partial charge in [0.15, 0.2) is 23.1 Å². The van der Waals surface area contributed by atoms with Gasteiger partial charge in [-0.05, 0) is 26.3 Å². The molecular formula is C14H18FNO3. The van der Waals surface area contributed by atoms with Crippen molar-refractivity contribution in [3.05, 3.63) is 17.4 Å². The van der Waals surface area contributed by atoms with E-state index in [4.69, 9.17) is 14.2 Å². The Morgan fingerprint density at radius 1 is 1.37 bits per heavy atom. The van der Waals surface area contributed by atoms with Gasteiger partial charge in [0, 0.05) is 11.6 Å². The number of ether oxygens (including phenoxy) is 3. The first-order chi connectivity index (χ1) is 9.15. The van der Waals surface area contributed by atoms with E-state index in [2.05, 4.69) is 12.2 Å². The first-order valence-corrected chi connectivity index (χ1v) is 6.57. The number of nitrogens with one attached hydrogen (secondary N) is 1. The fourth-order valence-corrected chi connectivity index (χ4v) is 2.95. The van der Waals surface area contributed by atoms with Gasteiger partial charge in [-0.15, -0.1) is 0 Å². The molecule has 1 atom stereocenters. The van der Waals surface area contributed by atoms with Gasteiger partial charge < -0.3 is 19.5 Å². The SMILES string of the molecule is COc1c(F)cc2c(c1C1(C)CCCN1)OCCO2. The molecule has 1 N–H and O–H groups in total. The van der Waals surface area contributed by atoms with Crippen LogP contribution >= 0.6 is 0 Å². The molecule has 0 amide bonds. The van der Waals surface area contributed by atoms with E-state index in [-0.39, 0.29) is 11.3 Å². The van der Waals surface area contributed by atoms with Gasteiger partial charge in [-0.3, -0.25) is 0 Å². The van der Waals surface area contributed by atoms with Crippen molar-refractivity contribution in [3.8, 4) is 17.2 Å². The second-order valence-corrected chi connectivity index (χ2v) is 5.15. The van der Waals surface area contributed by atoms with E-state index in [0.717, 1.165) is 24.9 Å². The molecule has 0 aromatic heterocycles. The molecule has 19 heavy (non-hydrogen) atoms. The van der Waals surface area contributed by atoms with Crippen LogP contribution in [0.15, 0.2) is 6.07 Å². The third-order valence-electron chi connectivity index (χ3n) is 3.86. The summed E-state index contributed by atoms with van der Waals surface area (Å²) in [5.74, 6) is 0.925. The molecule has 0 aliphatic carbocycles. The molecule has 1 aromatic carbocycles. The van der Waals surface area contributed by atoms with Crippen LogP contribution in [0.1, 0.15) is 25.3 Å². The van der Waals surface area contributed by atoms with Crippen molar-refractivity contribution in [2.45, 2.75) is 25.3 Å². The molecule has 1 saturated heterocycles. The summed E-state index contributed by atoms with van der Waals surface area (Å²) >= 11 is 0. The smallest absolute Gasteiger partial charge is 0.170 e. The average molecular weight is 267 g/mol. The molecule has 5 heteroatoms. The zero-order valence-electron chi connectivity index (χ0n) is 11.2. The van der Waals surface area contributed by atoms with Gasteiger partial charge in [0.05, 0.1) is 12.7 Å². The van der Waals surface area contributed by atoms with Crippen molar-refractivity contribution < 1.29 is 18.6 Å². The van der Waals surface area contributed by atoms with E-state index >= 15 is 0 Å². The lowest BCUT2D eigenvalue weighted by Crippen LogP contribution is -2.35. The van der Waals surface area contributed by atoms with Gasteiger partial charge in [0.1, 0.15) is 13.2 Å². The predicted molar refractivity (Wildman–Crippen MR) is 68.5 cm³/mol. The van der Waals surface area contributed by atoms with E-state index in [0.29, 0.717) is 24.7 Å². The van der Waals surface area contributed by atoms with Gasteiger partial charge in [-0.25, -0.2) is 4.39 Å². The van der Waals surface area contributed by atoms with Crippen molar-refractivity contribution in [1.82, 2.24) is 5.32 Å². The number of hydrogen-bond donors (Lipinski definition) is 1. The van der Waals surface area contributed by atoms with E-state index < -0.39 is 5.82 Å². The third-order valence-corrected chi connectivity index (χ3v) is 3.86. The number of benzene rings is 1. The molecule has 2 aliphatic rings. The van der Waals surface area contributed by atoms with Crippen molar-refractivity contribution in [2.24, 2.45) is 0 Å². The van der Waals surface area contributed by atoms with Crippen LogP contribution in [0.4, 0.5) is 4.39 Å². The van der Waals surface area contributed by atoms with Crippen molar-refractivity contribution >= 4 is 0 Å². The first kappa shape index (κ1) is 12.5. The highest BCUT2D eigenvalue weighted by Gasteiger charge is 2.39. The predicted octanol–water partition coefficient (Wildman–Crippen LogP) is 2.20. The van der Waals surface area contributed by atoms with Gasteiger partial charge in [-0.1, -0.05) is 0 Å². The lowest BCUT2D eigenvalue weighted by atomic mass is 9.88. The molecule has 1 fully saturated rings. The number of rotatable bonds is 2. The molecule has 0 spiro atoms. The Bertz CT molecular complexity index is 498. The second kappa shape index (κ2) is 4.56. The summed E-state index contributed by atoms with van der Waals surface area (Å²) in [6, 6.07) is 1.34. The molecule has 104 valence electrons. The summed E-state index contributed by atoms with van der Waals surface area (Å²) in [6.45, 7) is 3.88. The zero-order valence-corrected chi connectivity index (χ0v) is 11.2. The minimum Gasteiger partial charge on any atom is -0.493 e. The minimum atomic E-state index is -0.406. The van der Waals surface area contributed by atoms with Crippen LogP contribution in [0.25, 0.3) is 0 Å². The zero-order chi connectivity index (χ0) is 13.5. The molecule has 3 rings (SSSR count). The molecule has 2 heterocycles. The Hall–Kier alpha value is -1.49. The highest BCUT2D eigenvalue weighted by molar-refractivity contribution is 5.58. The van der Waals surface area contributed by atoms with Crippen LogP contribution < -0.4 is 19.5 Å². The molecule has 2 aliphatic heterocycles. The highest BCUT2D eigenvalue weighted by atomic mass is 19.1. The molecular weight excluding hydrogens is 249 g/mol. The summed E-state index contributed by atoms with van der Waals surface area (Å²) in [5.41, 5.74) is 0.403. The van der Waals surface area contributed by atoms with Crippen LogP contribution in [-0.2, 0) is 5.54 Å². The van der Waals surface area contributed by atoms with Crippen molar-refractivity contribution in [1.29, 1.82) is 0 Å². The maximum Gasteiger partial charge on any atom is 0.170 e. The second-order valence-electron chi connectivity index (χ2n) is 5.15. The van der Waals surface area contributed by atoms with Crippen molar-refractivity contribution in [2.75, 3.05) is 26.9 Å². The summed E-state index contributed by atoms with van der Waals surface area (Å²) in [4.78, 5) is 0. The number of fused-ring (bicyclic) bond motifs is 1. The third kappa shape index (κ3) is 1.92.